The number of nitrogens with one attached hydrogen (secondary N) is 1. The number of pyridine rings is 1. The Morgan fingerprint density at radius 3 is 3.17 bits per heavy atom. The van der Waals surface area contributed by atoms with Crippen molar-refractivity contribution < 1.29 is 0 Å². The fourth-order valence-corrected chi connectivity index (χ4v) is 1.12. The molecule has 0 saturated carbocycles. The molecule has 2 aromatic rings. The van der Waals surface area contributed by atoms with Gasteiger partial charge in [0.05, 0.1) is 5.56 Å². The van der Waals surface area contributed by atoms with Crippen LogP contribution in [0.2, 0.25) is 0 Å². The Labute approximate surface area is 68.9 Å². The summed E-state index contributed by atoms with van der Waals surface area (Å²) in [6.45, 7) is 1.84. The van der Waals surface area contributed by atoms with Gasteiger partial charge in [0.2, 0.25) is 0 Å². The summed E-state index contributed by atoms with van der Waals surface area (Å²) in [5.74, 6) is 0.778. The molecule has 0 atom stereocenters. The van der Waals surface area contributed by atoms with Crippen molar-refractivity contribution in [3.05, 3.63) is 23.7 Å². The molecule has 0 aliphatic rings. The number of aryl methyl sites for hydroxylation is 1. The summed E-state index contributed by atoms with van der Waals surface area (Å²) in [5.41, 5.74) is 1.91. The van der Waals surface area contributed by atoms with Crippen LogP contribution < -0.4 is 0 Å². The van der Waals surface area contributed by atoms with E-state index in [0.29, 0.717) is 11.2 Å². The summed E-state index contributed by atoms with van der Waals surface area (Å²) in [7, 11) is 0. The molecular weight excluding hydrogens is 152 g/mol. The molecule has 0 aromatic carbocycles. The largest absolute Gasteiger partial charge is 0.340 e. The van der Waals surface area contributed by atoms with Crippen LogP contribution in [0, 0.1) is 18.3 Å². The van der Waals surface area contributed by atoms with Crippen molar-refractivity contribution in [2.24, 2.45) is 0 Å². The fraction of sp³-hybridized carbons (Fsp3) is 0.125. The predicted molar refractivity (Wildman–Crippen MR) is 43.3 cm³/mol. The minimum absolute atomic E-state index is 0.584. The van der Waals surface area contributed by atoms with Crippen LogP contribution in [0.4, 0.5) is 0 Å². The van der Waals surface area contributed by atoms with Crippen molar-refractivity contribution in [3.8, 4) is 6.07 Å². The molecule has 0 aliphatic carbocycles. The van der Waals surface area contributed by atoms with Crippen LogP contribution in [0.3, 0.4) is 0 Å². The van der Waals surface area contributed by atoms with Gasteiger partial charge in [-0.15, -0.1) is 0 Å². The minimum atomic E-state index is 0.584. The highest BCUT2D eigenvalue weighted by Crippen LogP contribution is 2.11. The number of hydrogen-bond donors (Lipinski definition) is 1. The quantitative estimate of drug-likeness (QED) is 0.625. The SMILES string of the molecule is Cc1nc2nccc(C#N)c2[nH]1. The highest BCUT2D eigenvalue weighted by molar-refractivity contribution is 5.77. The van der Waals surface area contributed by atoms with Gasteiger partial charge in [-0.05, 0) is 13.0 Å². The van der Waals surface area contributed by atoms with Gasteiger partial charge in [0, 0.05) is 6.20 Å². The summed E-state index contributed by atoms with van der Waals surface area (Å²) in [5, 5.41) is 8.72. The Morgan fingerprint density at radius 1 is 1.58 bits per heavy atom. The fourth-order valence-electron chi connectivity index (χ4n) is 1.12. The van der Waals surface area contributed by atoms with Gasteiger partial charge in [0.1, 0.15) is 17.4 Å². The van der Waals surface area contributed by atoms with Gasteiger partial charge in [-0.3, -0.25) is 0 Å². The number of aromatic amines is 1. The zero-order chi connectivity index (χ0) is 8.55. The van der Waals surface area contributed by atoms with Crippen LogP contribution >= 0.6 is 0 Å². The van der Waals surface area contributed by atoms with Crippen molar-refractivity contribution >= 4 is 11.2 Å². The highest BCUT2D eigenvalue weighted by atomic mass is 15.0. The lowest BCUT2D eigenvalue weighted by atomic mass is 10.3. The molecule has 0 saturated heterocycles. The number of imidazole rings is 1. The van der Waals surface area contributed by atoms with Gasteiger partial charge < -0.3 is 4.98 Å². The average molecular weight is 158 g/mol. The molecule has 58 valence electrons. The molecule has 0 fully saturated rings. The molecule has 0 amide bonds. The molecule has 0 unspecified atom stereocenters. The smallest absolute Gasteiger partial charge is 0.179 e. The second-order valence-electron chi connectivity index (χ2n) is 2.49. The topological polar surface area (TPSA) is 65.4 Å². The maximum Gasteiger partial charge on any atom is 0.179 e. The Morgan fingerprint density at radius 2 is 2.42 bits per heavy atom. The lowest BCUT2D eigenvalue weighted by Crippen LogP contribution is -1.80. The summed E-state index contributed by atoms with van der Waals surface area (Å²) in [6.07, 6.45) is 1.58. The van der Waals surface area contributed by atoms with Crippen LogP contribution in [0.5, 0.6) is 0 Å². The van der Waals surface area contributed by atoms with Crippen molar-refractivity contribution in [2.75, 3.05) is 0 Å². The van der Waals surface area contributed by atoms with E-state index < -0.39 is 0 Å². The van der Waals surface area contributed by atoms with Gasteiger partial charge >= 0.3 is 0 Å². The number of fused-ring (bicyclic) bond motifs is 1. The van der Waals surface area contributed by atoms with E-state index in [2.05, 4.69) is 21.0 Å². The maximum atomic E-state index is 8.72. The van der Waals surface area contributed by atoms with E-state index in [9.17, 15) is 0 Å². The van der Waals surface area contributed by atoms with Crippen LogP contribution in [0.15, 0.2) is 12.3 Å². The molecule has 12 heavy (non-hydrogen) atoms. The molecule has 0 spiro atoms. The number of H-pyrrole nitrogens is 1. The standard InChI is InChI=1S/C8H6N4/c1-5-11-7-6(4-9)2-3-10-8(7)12-5/h2-3H,1H3,(H,10,11,12). The summed E-state index contributed by atoms with van der Waals surface area (Å²) in [6, 6.07) is 3.74. The van der Waals surface area contributed by atoms with E-state index >= 15 is 0 Å². The van der Waals surface area contributed by atoms with Crippen molar-refractivity contribution in [2.45, 2.75) is 6.92 Å². The van der Waals surface area contributed by atoms with E-state index in [1.54, 1.807) is 12.3 Å². The third kappa shape index (κ3) is 0.839. The Kier molecular flexibility index (Phi) is 1.31. The van der Waals surface area contributed by atoms with E-state index in [1.165, 1.54) is 0 Å². The van der Waals surface area contributed by atoms with Gasteiger partial charge in [0.25, 0.3) is 0 Å². The normalized spacial score (nSPS) is 10.0. The number of aromatic nitrogens is 3. The van der Waals surface area contributed by atoms with Gasteiger partial charge in [-0.1, -0.05) is 0 Å². The van der Waals surface area contributed by atoms with E-state index in [-0.39, 0.29) is 0 Å². The monoisotopic (exact) mass is 158 g/mol. The zero-order valence-electron chi connectivity index (χ0n) is 6.50. The lowest BCUT2D eigenvalue weighted by molar-refractivity contribution is 1.16. The molecule has 2 heterocycles. The van der Waals surface area contributed by atoms with Gasteiger partial charge in [-0.25, -0.2) is 9.97 Å². The first kappa shape index (κ1) is 6.80. The van der Waals surface area contributed by atoms with E-state index in [1.807, 2.05) is 6.92 Å². The van der Waals surface area contributed by atoms with Crippen LogP contribution in [0.25, 0.3) is 11.2 Å². The molecule has 4 heteroatoms. The van der Waals surface area contributed by atoms with E-state index in [0.717, 1.165) is 11.3 Å². The molecular formula is C8H6N4. The molecule has 0 bridgehead atoms. The summed E-state index contributed by atoms with van der Waals surface area (Å²) in [4.78, 5) is 11.1. The Hall–Kier alpha value is -1.89. The first-order valence-electron chi connectivity index (χ1n) is 3.52. The Bertz CT molecular complexity index is 463. The average Bonchev–Trinajstić information content (AvgIpc) is 2.44. The summed E-state index contributed by atoms with van der Waals surface area (Å²) >= 11 is 0. The predicted octanol–water partition coefficient (Wildman–Crippen LogP) is 1.14. The number of nitrogens with zero attached hydrogens (tertiary/aromatic N) is 3. The lowest BCUT2D eigenvalue weighted by Gasteiger charge is -1.87. The third-order valence-corrected chi connectivity index (χ3v) is 1.63. The molecule has 0 aliphatic heterocycles. The third-order valence-electron chi connectivity index (χ3n) is 1.63. The van der Waals surface area contributed by atoms with Crippen LogP contribution in [-0.4, -0.2) is 15.0 Å². The first-order valence-corrected chi connectivity index (χ1v) is 3.52. The number of rotatable bonds is 0. The van der Waals surface area contributed by atoms with Crippen LogP contribution in [0.1, 0.15) is 11.4 Å². The van der Waals surface area contributed by atoms with E-state index in [4.69, 9.17) is 5.26 Å². The molecule has 4 nitrogen and oxygen atoms in total. The number of hydrogen-bond acceptors (Lipinski definition) is 3. The van der Waals surface area contributed by atoms with Crippen molar-refractivity contribution in [1.82, 2.24) is 15.0 Å². The second kappa shape index (κ2) is 2.31. The zero-order valence-corrected chi connectivity index (χ0v) is 6.50. The second-order valence-corrected chi connectivity index (χ2v) is 2.49. The number of nitriles is 1. The molecule has 2 aromatic heterocycles. The highest BCUT2D eigenvalue weighted by Gasteiger charge is 2.03. The maximum absolute atomic E-state index is 8.72. The van der Waals surface area contributed by atoms with Gasteiger partial charge in [0.15, 0.2) is 5.65 Å². The first-order chi connectivity index (χ1) is 5.81. The van der Waals surface area contributed by atoms with Crippen molar-refractivity contribution in [1.29, 1.82) is 5.26 Å². The Balaban J connectivity index is 2.89. The summed E-state index contributed by atoms with van der Waals surface area (Å²) < 4.78 is 0. The van der Waals surface area contributed by atoms with Crippen molar-refractivity contribution in [3.63, 3.8) is 0 Å². The minimum Gasteiger partial charge on any atom is -0.340 e. The van der Waals surface area contributed by atoms with Crippen LogP contribution in [-0.2, 0) is 0 Å². The molecule has 1 N–H and O–H groups in total. The molecule has 2 rings (SSSR count). The molecule has 0 radical (unpaired) electrons. The van der Waals surface area contributed by atoms with Gasteiger partial charge in [-0.2, -0.15) is 5.26 Å².